The Bertz CT molecular complexity index is 1510. The SMILES string of the molecule is O=C(Nc1cccc([C@@H]2OC(=O)N(Cc3cccc(Cl)c3)[C@H]2C(=O)NCc2ccco2)c1)c1ccccc1F. The highest BCUT2D eigenvalue weighted by molar-refractivity contribution is 6.30. The van der Waals surface area contributed by atoms with Crippen LogP contribution in [-0.4, -0.2) is 28.8 Å². The van der Waals surface area contributed by atoms with Gasteiger partial charge in [0.05, 0.1) is 24.9 Å². The highest BCUT2D eigenvalue weighted by Gasteiger charge is 2.47. The molecule has 2 N–H and O–H groups in total. The number of carbonyl (C=O) groups excluding carboxylic acids is 3. The van der Waals surface area contributed by atoms with Gasteiger partial charge in [-0.2, -0.15) is 0 Å². The standard InChI is InChI=1S/C29H23ClFN3O5/c30-20-8-3-6-18(14-20)17-34-25(28(36)32-16-22-10-5-13-38-22)26(39-29(34)37)19-7-4-9-21(15-19)33-27(35)23-11-1-2-12-24(23)31/h1-15,25-26H,16-17H2,(H,32,36)(H,33,35)/t25-,26+/m1/s1. The molecule has 0 unspecified atom stereocenters. The molecule has 3 aromatic carbocycles. The molecule has 5 rings (SSSR count). The zero-order chi connectivity index (χ0) is 27.4. The topological polar surface area (TPSA) is 101 Å². The van der Waals surface area contributed by atoms with E-state index < -0.39 is 35.9 Å². The molecule has 1 aromatic heterocycles. The summed E-state index contributed by atoms with van der Waals surface area (Å²) < 4.78 is 25.1. The lowest BCUT2D eigenvalue weighted by Crippen LogP contribution is -2.46. The Kier molecular flexibility index (Phi) is 7.60. The highest BCUT2D eigenvalue weighted by atomic mass is 35.5. The quantitative estimate of drug-likeness (QED) is 0.294. The first-order chi connectivity index (χ1) is 18.9. The van der Waals surface area contributed by atoms with Gasteiger partial charge in [0, 0.05) is 10.7 Å². The third kappa shape index (κ3) is 5.94. The Hall–Kier alpha value is -4.63. The van der Waals surface area contributed by atoms with Crippen molar-refractivity contribution in [3.63, 3.8) is 0 Å². The summed E-state index contributed by atoms with van der Waals surface area (Å²) in [5.74, 6) is -1.20. The fourth-order valence-electron chi connectivity index (χ4n) is 4.37. The van der Waals surface area contributed by atoms with Crippen molar-refractivity contribution in [1.29, 1.82) is 0 Å². The number of furan rings is 1. The Morgan fingerprint density at radius 2 is 1.79 bits per heavy atom. The number of hydrogen-bond donors (Lipinski definition) is 2. The summed E-state index contributed by atoms with van der Waals surface area (Å²) in [5, 5.41) is 5.96. The van der Waals surface area contributed by atoms with E-state index in [0.29, 0.717) is 22.0 Å². The van der Waals surface area contributed by atoms with E-state index in [4.69, 9.17) is 20.8 Å². The normalized spacial score (nSPS) is 16.6. The summed E-state index contributed by atoms with van der Waals surface area (Å²) in [6, 6.07) is 21.5. The summed E-state index contributed by atoms with van der Waals surface area (Å²) in [4.78, 5) is 40.5. The summed E-state index contributed by atoms with van der Waals surface area (Å²) in [6.07, 6.45) is -0.170. The number of halogens is 2. The van der Waals surface area contributed by atoms with Gasteiger partial charge >= 0.3 is 6.09 Å². The van der Waals surface area contributed by atoms with Gasteiger partial charge in [0.25, 0.3) is 5.91 Å². The number of nitrogens with one attached hydrogen (secondary N) is 2. The lowest BCUT2D eigenvalue weighted by molar-refractivity contribution is -0.126. The summed E-state index contributed by atoms with van der Waals surface area (Å²) in [6.45, 7) is 0.200. The van der Waals surface area contributed by atoms with Gasteiger partial charge in [-0.05, 0) is 59.7 Å². The first-order valence-electron chi connectivity index (χ1n) is 12.1. The molecule has 3 amide bonds. The van der Waals surface area contributed by atoms with E-state index in [1.807, 2.05) is 0 Å². The van der Waals surface area contributed by atoms with Crippen molar-refractivity contribution in [2.24, 2.45) is 0 Å². The molecule has 2 atom stereocenters. The van der Waals surface area contributed by atoms with Crippen LogP contribution in [0.2, 0.25) is 5.02 Å². The zero-order valence-electron chi connectivity index (χ0n) is 20.5. The molecule has 8 nitrogen and oxygen atoms in total. The number of rotatable bonds is 8. The molecule has 0 spiro atoms. The second-order valence-electron chi connectivity index (χ2n) is 8.86. The molecule has 10 heteroatoms. The molecule has 1 fully saturated rings. The van der Waals surface area contributed by atoms with Crippen LogP contribution in [0, 0.1) is 5.82 Å². The zero-order valence-corrected chi connectivity index (χ0v) is 21.2. The predicted octanol–water partition coefficient (Wildman–Crippen LogP) is 5.70. The van der Waals surface area contributed by atoms with E-state index in [9.17, 15) is 18.8 Å². The number of ether oxygens (including phenoxy) is 1. The molecule has 1 aliphatic heterocycles. The van der Waals surface area contributed by atoms with Crippen LogP contribution in [0.3, 0.4) is 0 Å². The van der Waals surface area contributed by atoms with Gasteiger partial charge in [-0.3, -0.25) is 14.5 Å². The van der Waals surface area contributed by atoms with Gasteiger partial charge in [-0.15, -0.1) is 0 Å². The first kappa shape index (κ1) is 26.0. The molecule has 39 heavy (non-hydrogen) atoms. The minimum absolute atomic E-state index is 0.0818. The van der Waals surface area contributed by atoms with Crippen LogP contribution in [0.5, 0.6) is 0 Å². The summed E-state index contributed by atoms with van der Waals surface area (Å²) >= 11 is 6.13. The van der Waals surface area contributed by atoms with E-state index in [-0.39, 0.29) is 18.7 Å². The van der Waals surface area contributed by atoms with Gasteiger partial charge in [0.2, 0.25) is 5.91 Å². The number of benzene rings is 3. The molecule has 0 saturated carbocycles. The fourth-order valence-corrected chi connectivity index (χ4v) is 4.58. The van der Waals surface area contributed by atoms with Crippen LogP contribution < -0.4 is 10.6 Å². The van der Waals surface area contributed by atoms with Crippen molar-refractivity contribution in [1.82, 2.24) is 10.2 Å². The van der Waals surface area contributed by atoms with E-state index in [2.05, 4.69) is 10.6 Å². The molecule has 0 radical (unpaired) electrons. The maximum Gasteiger partial charge on any atom is 0.411 e. The van der Waals surface area contributed by atoms with Crippen LogP contribution in [-0.2, 0) is 22.6 Å². The predicted molar refractivity (Wildman–Crippen MR) is 141 cm³/mol. The number of hydrogen-bond acceptors (Lipinski definition) is 5. The van der Waals surface area contributed by atoms with Gasteiger partial charge in [-0.25, -0.2) is 9.18 Å². The van der Waals surface area contributed by atoms with Crippen LogP contribution in [0.15, 0.2) is 95.6 Å². The number of carbonyl (C=O) groups is 3. The maximum absolute atomic E-state index is 14.1. The minimum Gasteiger partial charge on any atom is -0.467 e. The second-order valence-corrected chi connectivity index (χ2v) is 9.30. The molecule has 0 aliphatic carbocycles. The van der Waals surface area contributed by atoms with Crippen LogP contribution in [0.4, 0.5) is 14.9 Å². The first-order valence-corrected chi connectivity index (χ1v) is 12.4. The van der Waals surface area contributed by atoms with E-state index >= 15 is 0 Å². The highest BCUT2D eigenvalue weighted by Crippen LogP contribution is 2.35. The Labute approximate surface area is 228 Å². The Balaban J connectivity index is 1.41. The average Bonchev–Trinajstić information content (AvgIpc) is 3.56. The van der Waals surface area contributed by atoms with E-state index in [1.165, 1.54) is 29.4 Å². The van der Waals surface area contributed by atoms with Crippen molar-refractivity contribution in [2.45, 2.75) is 25.2 Å². The maximum atomic E-state index is 14.1. The third-order valence-electron chi connectivity index (χ3n) is 6.20. The molecule has 1 aliphatic rings. The molecule has 0 bridgehead atoms. The third-order valence-corrected chi connectivity index (χ3v) is 6.44. The minimum atomic E-state index is -1.04. The van der Waals surface area contributed by atoms with Crippen molar-refractivity contribution in [3.05, 3.63) is 124 Å². The summed E-state index contributed by atoms with van der Waals surface area (Å²) in [7, 11) is 0. The Morgan fingerprint density at radius 1 is 0.974 bits per heavy atom. The van der Waals surface area contributed by atoms with E-state index in [1.54, 1.807) is 66.7 Å². The van der Waals surface area contributed by atoms with Crippen molar-refractivity contribution < 1.29 is 27.9 Å². The molecule has 2 heterocycles. The Morgan fingerprint density at radius 3 is 2.56 bits per heavy atom. The van der Waals surface area contributed by atoms with Crippen LogP contribution in [0.25, 0.3) is 0 Å². The lowest BCUT2D eigenvalue weighted by Gasteiger charge is -2.24. The van der Waals surface area contributed by atoms with Gasteiger partial charge in [0.15, 0.2) is 12.1 Å². The fraction of sp³-hybridized carbons (Fsp3) is 0.138. The smallest absolute Gasteiger partial charge is 0.411 e. The molecule has 1 saturated heterocycles. The average molecular weight is 548 g/mol. The number of amides is 3. The van der Waals surface area contributed by atoms with Crippen LogP contribution in [0.1, 0.15) is 33.3 Å². The number of anilines is 1. The lowest BCUT2D eigenvalue weighted by atomic mass is 10.00. The van der Waals surface area contributed by atoms with Gasteiger partial charge < -0.3 is 19.8 Å². The molecule has 198 valence electrons. The van der Waals surface area contributed by atoms with Crippen molar-refractivity contribution in [3.8, 4) is 0 Å². The van der Waals surface area contributed by atoms with Crippen molar-refractivity contribution >= 4 is 35.2 Å². The molecule has 4 aromatic rings. The number of nitrogens with zero attached hydrogens (tertiary/aromatic N) is 1. The monoisotopic (exact) mass is 547 g/mol. The van der Waals surface area contributed by atoms with Gasteiger partial charge in [-0.1, -0.05) is 48.0 Å². The van der Waals surface area contributed by atoms with Crippen LogP contribution >= 0.6 is 11.6 Å². The second kappa shape index (κ2) is 11.4. The van der Waals surface area contributed by atoms with Crippen molar-refractivity contribution in [2.75, 3.05) is 5.32 Å². The molecular formula is C29H23ClFN3O5. The molecular weight excluding hydrogens is 525 g/mol. The van der Waals surface area contributed by atoms with E-state index in [0.717, 1.165) is 5.56 Å². The largest absolute Gasteiger partial charge is 0.467 e. The van der Waals surface area contributed by atoms with Gasteiger partial charge in [0.1, 0.15) is 11.6 Å². The summed E-state index contributed by atoms with van der Waals surface area (Å²) in [5.41, 5.74) is 1.43. The number of cyclic esters (lactones) is 1.